The van der Waals surface area contributed by atoms with Crippen molar-refractivity contribution < 1.29 is 38.5 Å². The molecule has 0 bridgehead atoms. The van der Waals surface area contributed by atoms with Crippen LogP contribution in [0.5, 0.6) is 0 Å². The Bertz CT molecular complexity index is 1120. The number of aliphatic hydroxyl groups is 1. The Kier molecular flexibility index (Phi) is 10.9. The van der Waals surface area contributed by atoms with Crippen LogP contribution in [0.15, 0.2) is 18.2 Å². The third-order valence-corrected chi connectivity index (χ3v) is 6.03. The van der Waals surface area contributed by atoms with Gasteiger partial charge in [0.25, 0.3) is 5.91 Å². The normalized spacial score (nSPS) is 16.9. The minimum Gasteiger partial charge on any atom is -0.444 e. The summed E-state index contributed by atoms with van der Waals surface area (Å²) in [7, 11) is 0. The van der Waals surface area contributed by atoms with E-state index in [2.05, 4.69) is 17.2 Å². The number of nitrogens with zero attached hydrogens (tertiary/aromatic N) is 2. The Morgan fingerprint density at radius 1 is 1.13 bits per heavy atom. The number of rotatable bonds is 11. The van der Waals surface area contributed by atoms with Gasteiger partial charge >= 0.3 is 6.09 Å². The summed E-state index contributed by atoms with van der Waals surface area (Å²) < 4.78 is 16.2. The number of hydrogen-bond acceptors (Lipinski definition) is 8. The average molecular weight is 544 g/mol. The highest BCUT2D eigenvalue weighted by molar-refractivity contribution is 6.05. The third kappa shape index (κ3) is 9.06. The fraction of sp³-hybridized carbons (Fsp3) is 0.571. The minimum absolute atomic E-state index is 0.0438. The van der Waals surface area contributed by atoms with Crippen LogP contribution in [-0.4, -0.2) is 96.5 Å². The van der Waals surface area contributed by atoms with Crippen molar-refractivity contribution >= 4 is 23.8 Å². The molecule has 11 nitrogen and oxygen atoms in total. The van der Waals surface area contributed by atoms with Gasteiger partial charge in [-0.2, -0.15) is 0 Å². The minimum atomic E-state index is -0.659. The predicted octanol–water partition coefficient (Wildman–Crippen LogP) is 1.45. The number of nitrogens with one attached hydrogen (secondary N) is 1. The maximum atomic E-state index is 12.9. The van der Waals surface area contributed by atoms with E-state index in [9.17, 15) is 19.2 Å². The molecule has 1 aromatic carbocycles. The Morgan fingerprint density at radius 2 is 1.87 bits per heavy atom. The fourth-order valence-corrected chi connectivity index (χ4v) is 4.19. The Balaban J connectivity index is 1.55. The van der Waals surface area contributed by atoms with Crippen molar-refractivity contribution in [2.75, 3.05) is 46.1 Å². The quantitative estimate of drug-likeness (QED) is 0.243. The number of benzene rings is 1. The van der Waals surface area contributed by atoms with Crippen LogP contribution in [0.3, 0.4) is 0 Å². The van der Waals surface area contributed by atoms with Gasteiger partial charge in [0.15, 0.2) is 0 Å². The molecule has 4 amide bonds. The maximum Gasteiger partial charge on any atom is 0.410 e. The molecule has 1 saturated heterocycles. The van der Waals surface area contributed by atoms with Crippen LogP contribution in [0, 0.1) is 11.8 Å². The highest BCUT2D eigenvalue weighted by Gasteiger charge is 2.39. The molecule has 0 aliphatic carbocycles. The molecule has 2 aliphatic rings. The van der Waals surface area contributed by atoms with E-state index < -0.39 is 23.6 Å². The fourth-order valence-electron chi connectivity index (χ4n) is 4.19. The number of imide groups is 1. The molecule has 2 N–H and O–H groups in total. The van der Waals surface area contributed by atoms with E-state index in [1.165, 1.54) is 4.90 Å². The molecule has 2 aliphatic heterocycles. The molecule has 212 valence electrons. The summed E-state index contributed by atoms with van der Waals surface area (Å²) in [4.78, 5) is 52.3. The number of ether oxygens (including phenoxy) is 3. The van der Waals surface area contributed by atoms with Crippen molar-refractivity contribution in [3.63, 3.8) is 0 Å². The lowest BCUT2D eigenvalue weighted by atomic mass is 10.0. The first-order valence-corrected chi connectivity index (χ1v) is 13.1. The number of hydrogen-bond donors (Lipinski definition) is 2. The molecule has 1 aromatic rings. The van der Waals surface area contributed by atoms with Gasteiger partial charge in [0, 0.05) is 43.6 Å². The van der Waals surface area contributed by atoms with E-state index in [1.54, 1.807) is 37.8 Å². The molecular formula is C28H37N3O8. The zero-order valence-corrected chi connectivity index (χ0v) is 22.8. The largest absolute Gasteiger partial charge is 0.444 e. The number of amides is 4. The topological polar surface area (TPSA) is 135 Å². The van der Waals surface area contributed by atoms with Crippen molar-refractivity contribution in [3.05, 3.63) is 34.9 Å². The van der Waals surface area contributed by atoms with Gasteiger partial charge in [0.2, 0.25) is 11.8 Å². The van der Waals surface area contributed by atoms with Gasteiger partial charge in [0.1, 0.15) is 11.6 Å². The number of aliphatic hydroxyl groups excluding tert-OH is 1. The van der Waals surface area contributed by atoms with Crippen LogP contribution < -0.4 is 5.32 Å². The molecule has 0 radical (unpaired) electrons. The lowest BCUT2D eigenvalue weighted by Gasteiger charge is -2.29. The lowest BCUT2D eigenvalue weighted by molar-refractivity contribution is -0.136. The molecule has 2 heterocycles. The highest BCUT2D eigenvalue weighted by Crippen LogP contribution is 2.28. The molecule has 0 spiro atoms. The standard InChI is InChI=1S/C28H37N3O8/c1-28(2,3)39-27(36)30(12-14-37-16-17-38-15-13-32)11-5-4-6-20-7-8-22-21(18-20)19-31(26(22)35)23-9-10-24(33)29-25(23)34/h7-8,18,23,32H,5,9-17,19H2,1-3H3,(H,29,33,34). The number of carbonyl (C=O) groups is 4. The van der Waals surface area contributed by atoms with Gasteiger partial charge < -0.3 is 29.1 Å². The summed E-state index contributed by atoms with van der Waals surface area (Å²) in [6, 6.07) is 4.65. The summed E-state index contributed by atoms with van der Waals surface area (Å²) >= 11 is 0. The molecule has 1 atom stereocenters. The molecule has 11 heteroatoms. The van der Waals surface area contributed by atoms with E-state index in [4.69, 9.17) is 19.3 Å². The zero-order valence-electron chi connectivity index (χ0n) is 22.8. The second-order valence-electron chi connectivity index (χ2n) is 10.2. The van der Waals surface area contributed by atoms with Gasteiger partial charge in [-0.05, 0) is 51.0 Å². The van der Waals surface area contributed by atoms with E-state index in [0.29, 0.717) is 51.3 Å². The average Bonchev–Trinajstić information content (AvgIpc) is 3.19. The molecule has 39 heavy (non-hydrogen) atoms. The predicted molar refractivity (Wildman–Crippen MR) is 141 cm³/mol. The van der Waals surface area contributed by atoms with Crippen LogP contribution >= 0.6 is 0 Å². The summed E-state index contributed by atoms with van der Waals surface area (Å²) in [5.41, 5.74) is 1.40. The Hall–Kier alpha value is -3.46. The highest BCUT2D eigenvalue weighted by atomic mass is 16.6. The second-order valence-corrected chi connectivity index (χ2v) is 10.2. The first-order chi connectivity index (χ1) is 18.6. The van der Waals surface area contributed by atoms with E-state index in [0.717, 1.165) is 11.1 Å². The third-order valence-electron chi connectivity index (χ3n) is 6.03. The maximum absolute atomic E-state index is 12.9. The lowest BCUT2D eigenvalue weighted by Crippen LogP contribution is -2.52. The summed E-state index contributed by atoms with van der Waals surface area (Å²) in [6.45, 7) is 7.59. The van der Waals surface area contributed by atoms with Crippen LogP contribution in [-0.2, 0) is 30.3 Å². The van der Waals surface area contributed by atoms with Crippen molar-refractivity contribution in [2.45, 2.75) is 58.2 Å². The van der Waals surface area contributed by atoms with Crippen LogP contribution in [0.25, 0.3) is 0 Å². The molecule has 0 saturated carbocycles. The van der Waals surface area contributed by atoms with Crippen LogP contribution in [0.4, 0.5) is 4.79 Å². The van der Waals surface area contributed by atoms with Crippen molar-refractivity contribution in [3.8, 4) is 11.8 Å². The van der Waals surface area contributed by atoms with E-state index in [1.807, 2.05) is 6.07 Å². The smallest absolute Gasteiger partial charge is 0.410 e. The van der Waals surface area contributed by atoms with Crippen molar-refractivity contribution in [2.24, 2.45) is 0 Å². The first-order valence-electron chi connectivity index (χ1n) is 13.1. The summed E-state index contributed by atoms with van der Waals surface area (Å²) in [6.07, 6.45) is 0.470. The molecule has 0 aromatic heterocycles. The van der Waals surface area contributed by atoms with Crippen LogP contribution in [0.2, 0.25) is 0 Å². The SMILES string of the molecule is CC(C)(C)OC(=O)N(CCC#Cc1ccc2c(c1)CN(C1CCC(=O)NC1=O)C2=O)CCOCCOCCO. The number of fused-ring (bicyclic) bond motifs is 1. The molecule has 1 fully saturated rings. The van der Waals surface area contributed by atoms with Gasteiger partial charge in [-0.15, -0.1) is 0 Å². The molecular weight excluding hydrogens is 506 g/mol. The molecule has 1 unspecified atom stereocenters. The Morgan fingerprint density at radius 3 is 2.56 bits per heavy atom. The first kappa shape index (κ1) is 30.1. The Labute approximate surface area is 228 Å². The zero-order chi connectivity index (χ0) is 28.4. The van der Waals surface area contributed by atoms with Crippen LogP contribution in [0.1, 0.15) is 61.5 Å². The second kappa shape index (κ2) is 14.1. The van der Waals surface area contributed by atoms with Crippen molar-refractivity contribution in [1.82, 2.24) is 15.1 Å². The van der Waals surface area contributed by atoms with Crippen molar-refractivity contribution in [1.29, 1.82) is 0 Å². The van der Waals surface area contributed by atoms with E-state index >= 15 is 0 Å². The van der Waals surface area contributed by atoms with Gasteiger partial charge in [-0.25, -0.2) is 4.79 Å². The summed E-state index contributed by atoms with van der Waals surface area (Å²) in [5, 5.41) is 11.0. The van der Waals surface area contributed by atoms with Gasteiger partial charge in [0.05, 0.1) is 33.0 Å². The van der Waals surface area contributed by atoms with E-state index in [-0.39, 0.29) is 38.0 Å². The van der Waals surface area contributed by atoms with Gasteiger partial charge in [-0.3, -0.25) is 19.7 Å². The molecule has 3 rings (SSSR count). The van der Waals surface area contributed by atoms with Gasteiger partial charge in [-0.1, -0.05) is 11.8 Å². The summed E-state index contributed by atoms with van der Waals surface area (Å²) in [5.74, 6) is 5.18. The monoisotopic (exact) mass is 543 g/mol. The number of carbonyl (C=O) groups excluding carboxylic acids is 4. The number of piperidine rings is 1.